The molecule has 0 unspecified atom stereocenters. The van der Waals surface area contributed by atoms with Gasteiger partial charge in [-0.2, -0.15) is 5.10 Å². The molecule has 0 saturated heterocycles. The van der Waals surface area contributed by atoms with Crippen LogP contribution in [0.3, 0.4) is 0 Å². The number of thiazole rings is 1. The Morgan fingerprint density at radius 2 is 2.22 bits per heavy atom. The zero-order chi connectivity index (χ0) is 15.6. The molecule has 0 radical (unpaired) electrons. The van der Waals surface area contributed by atoms with Crippen LogP contribution in [-0.2, 0) is 0 Å². The molecule has 1 saturated carbocycles. The second-order valence-corrected chi connectivity index (χ2v) is 6.43. The fourth-order valence-electron chi connectivity index (χ4n) is 2.92. The van der Waals surface area contributed by atoms with E-state index in [2.05, 4.69) is 15.4 Å². The van der Waals surface area contributed by atoms with E-state index < -0.39 is 0 Å². The summed E-state index contributed by atoms with van der Waals surface area (Å²) in [5, 5.41) is 9.72. The van der Waals surface area contributed by atoms with Crippen LogP contribution in [0.15, 0.2) is 40.5 Å². The van der Waals surface area contributed by atoms with Crippen LogP contribution >= 0.6 is 11.3 Å². The minimum atomic E-state index is -0.223. The van der Waals surface area contributed by atoms with Gasteiger partial charge in [-0.25, -0.2) is 9.67 Å². The minimum Gasteiger partial charge on any atom is -0.462 e. The highest BCUT2D eigenvalue weighted by molar-refractivity contribution is 7.13. The molecule has 4 rings (SSSR count). The van der Waals surface area contributed by atoms with E-state index in [0.717, 1.165) is 18.7 Å². The van der Waals surface area contributed by atoms with Crippen molar-refractivity contribution in [2.24, 2.45) is 0 Å². The smallest absolute Gasteiger partial charge is 0.276 e. The lowest BCUT2D eigenvalue weighted by Gasteiger charge is -2.14. The summed E-state index contributed by atoms with van der Waals surface area (Å²) < 4.78 is 7.23. The highest BCUT2D eigenvalue weighted by Gasteiger charge is 2.21. The van der Waals surface area contributed by atoms with Gasteiger partial charge in [-0.3, -0.25) is 4.79 Å². The number of carbonyl (C=O) groups is 1. The summed E-state index contributed by atoms with van der Waals surface area (Å²) in [7, 11) is 0. The lowest BCUT2D eigenvalue weighted by atomic mass is 10.2. The maximum absolute atomic E-state index is 12.4. The lowest BCUT2D eigenvalue weighted by Crippen LogP contribution is -2.18. The molecule has 1 aliphatic carbocycles. The van der Waals surface area contributed by atoms with Crippen LogP contribution in [0.2, 0.25) is 0 Å². The molecule has 1 amide bonds. The van der Waals surface area contributed by atoms with E-state index >= 15 is 0 Å². The first kappa shape index (κ1) is 14.2. The predicted octanol–water partition coefficient (Wildman–Crippen LogP) is 3.97. The molecule has 1 aliphatic rings. The number of nitrogens with one attached hydrogen (secondary N) is 1. The summed E-state index contributed by atoms with van der Waals surface area (Å²) in [6.45, 7) is 0. The van der Waals surface area contributed by atoms with Gasteiger partial charge in [-0.05, 0) is 25.0 Å². The summed E-state index contributed by atoms with van der Waals surface area (Å²) in [6.07, 6.45) is 7.99. The SMILES string of the molecule is O=C(Nc1ccnn1C1CCCC1)c1csc(-c2ccco2)n1. The molecule has 3 aromatic rings. The molecule has 0 bridgehead atoms. The Morgan fingerprint density at radius 3 is 3.00 bits per heavy atom. The zero-order valence-corrected chi connectivity index (χ0v) is 13.3. The quantitative estimate of drug-likeness (QED) is 0.786. The molecular formula is C16H16N4O2S. The van der Waals surface area contributed by atoms with Crippen molar-refractivity contribution in [3.8, 4) is 10.8 Å². The summed E-state index contributed by atoms with van der Waals surface area (Å²) >= 11 is 1.39. The number of amides is 1. The third-order valence-corrected chi connectivity index (χ3v) is 4.91. The Balaban J connectivity index is 1.51. The zero-order valence-electron chi connectivity index (χ0n) is 12.4. The molecule has 6 nitrogen and oxygen atoms in total. The lowest BCUT2D eigenvalue weighted by molar-refractivity contribution is 0.102. The van der Waals surface area contributed by atoms with Crippen molar-refractivity contribution in [2.75, 3.05) is 5.32 Å². The first-order valence-corrected chi connectivity index (χ1v) is 8.53. The van der Waals surface area contributed by atoms with Gasteiger partial charge in [0, 0.05) is 11.4 Å². The van der Waals surface area contributed by atoms with Crippen molar-refractivity contribution in [3.63, 3.8) is 0 Å². The summed E-state index contributed by atoms with van der Waals surface area (Å²) in [5.41, 5.74) is 0.389. The summed E-state index contributed by atoms with van der Waals surface area (Å²) in [5.74, 6) is 1.18. The van der Waals surface area contributed by atoms with Gasteiger partial charge < -0.3 is 9.73 Å². The van der Waals surface area contributed by atoms with E-state index in [-0.39, 0.29) is 5.91 Å². The Hall–Kier alpha value is -2.41. The Morgan fingerprint density at radius 1 is 1.35 bits per heavy atom. The molecule has 0 atom stereocenters. The molecule has 7 heteroatoms. The third-order valence-electron chi connectivity index (χ3n) is 4.05. The number of carbonyl (C=O) groups excluding carboxylic acids is 1. The van der Waals surface area contributed by atoms with Crippen molar-refractivity contribution in [3.05, 3.63) is 41.7 Å². The summed E-state index contributed by atoms with van der Waals surface area (Å²) in [4.78, 5) is 16.8. The maximum Gasteiger partial charge on any atom is 0.276 e. The number of hydrogen-bond acceptors (Lipinski definition) is 5. The first-order valence-electron chi connectivity index (χ1n) is 7.65. The molecule has 118 valence electrons. The summed E-state index contributed by atoms with van der Waals surface area (Å²) in [6, 6.07) is 5.84. The van der Waals surface area contributed by atoms with Gasteiger partial charge in [0.2, 0.25) is 0 Å². The number of rotatable bonds is 4. The average Bonchev–Trinajstić information content (AvgIpc) is 3.31. The van der Waals surface area contributed by atoms with E-state index in [1.807, 2.05) is 16.8 Å². The van der Waals surface area contributed by atoms with E-state index in [1.165, 1.54) is 24.2 Å². The number of anilines is 1. The highest BCUT2D eigenvalue weighted by Crippen LogP contribution is 2.31. The van der Waals surface area contributed by atoms with E-state index in [0.29, 0.717) is 22.5 Å². The standard InChI is InChI=1S/C16H16N4O2S/c21-15(12-10-23-16(18-12)13-6-3-9-22-13)19-14-7-8-17-20(14)11-4-1-2-5-11/h3,6-11H,1-2,4-5H2,(H,19,21). The van der Waals surface area contributed by atoms with Gasteiger partial charge in [0.15, 0.2) is 10.8 Å². The van der Waals surface area contributed by atoms with Crippen LogP contribution in [0.5, 0.6) is 0 Å². The number of nitrogens with zero attached hydrogens (tertiary/aromatic N) is 3. The molecule has 0 aromatic carbocycles. The van der Waals surface area contributed by atoms with Crippen molar-refractivity contribution in [1.82, 2.24) is 14.8 Å². The average molecular weight is 328 g/mol. The third kappa shape index (κ3) is 2.79. The molecule has 1 fully saturated rings. The van der Waals surface area contributed by atoms with Gasteiger partial charge >= 0.3 is 0 Å². The van der Waals surface area contributed by atoms with Gasteiger partial charge in [0.05, 0.1) is 18.5 Å². The van der Waals surface area contributed by atoms with Crippen molar-refractivity contribution < 1.29 is 9.21 Å². The van der Waals surface area contributed by atoms with Crippen LogP contribution in [0.1, 0.15) is 42.2 Å². The van der Waals surface area contributed by atoms with Crippen LogP contribution in [0.25, 0.3) is 10.8 Å². The van der Waals surface area contributed by atoms with Gasteiger partial charge in [-0.15, -0.1) is 11.3 Å². The topological polar surface area (TPSA) is 73.0 Å². The van der Waals surface area contributed by atoms with E-state index in [9.17, 15) is 4.79 Å². The van der Waals surface area contributed by atoms with Crippen LogP contribution in [0, 0.1) is 0 Å². The van der Waals surface area contributed by atoms with Crippen LogP contribution in [-0.4, -0.2) is 20.7 Å². The van der Waals surface area contributed by atoms with Gasteiger partial charge in [0.1, 0.15) is 11.5 Å². The largest absolute Gasteiger partial charge is 0.462 e. The van der Waals surface area contributed by atoms with Crippen molar-refractivity contribution >= 4 is 23.1 Å². The monoisotopic (exact) mass is 328 g/mol. The first-order chi connectivity index (χ1) is 11.3. The number of furan rings is 1. The van der Waals surface area contributed by atoms with Crippen molar-refractivity contribution in [1.29, 1.82) is 0 Å². The predicted molar refractivity (Wildman–Crippen MR) is 87.5 cm³/mol. The molecule has 0 aliphatic heterocycles. The second kappa shape index (κ2) is 6.00. The van der Waals surface area contributed by atoms with Crippen LogP contribution in [0.4, 0.5) is 5.82 Å². The normalized spacial score (nSPS) is 15.1. The fourth-order valence-corrected chi connectivity index (χ4v) is 3.69. The maximum atomic E-state index is 12.4. The van der Waals surface area contributed by atoms with E-state index in [1.54, 1.807) is 23.9 Å². The molecule has 3 aromatic heterocycles. The highest BCUT2D eigenvalue weighted by atomic mass is 32.1. The molecule has 3 heterocycles. The van der Waals surface area contributed by atoms with E-state index in [4.69, 9.17) is 4.42 Å². The number of aromatic nitrogens is 3. The Bertz CT molecular complexity index is 800. The molecular weight excluding hydrogens is 312 g/mol. The van der Waals surface area contributed by atoms with Gasteiger partial charge in [0.25, 0.3) is 5.91 Å². The molecule has 0 spiro atoms. The molecule has 1 N–H and O–H groups in total. The minimum absolute atomic E-state index is 0.223. The fraction of sp³-hybridized carbons (Fsp3) is 0.312. The van der Waals surface area contributed by atoms with Gasteiger partial charge in [-0.1, -0.05) is 12.8 Å². The second-order valence-electron chi connectivity index (χ2n) is 5.57. The number of hydrogen-bond donors (Lipinski definition) is 1. The van der Waals surface area contributed by atoms with Crippen molar-refractivity contribution in [2.45, 2.75) is 31.7 Å². The van der Waals surface area contributed by atoms with Crippen LogP contribution < -0.4 is 5.32 Å². The Labute approximate surface area is 137 Å². The Kier molecular flexibility index (Phi) is 3.70. The molecule has 23 heavy (non-hydrogen) atoms.